The van der Waals surface area contributed by atoms with Crippen LogP contribution in [-0.2, 0) is 16.6 Å². The molecule has 140 valence electrons. The Labute approximate surface area is 153 Å². The lowest BCUT2D eigenvalue weighted by Crippen LogP contribution is -2.27. The summed E-state index contributed by atoms with van der Waals surface area (Å²) in [6.07, 6.45) is 1.80. The highest BCUT2D eigenvalue weighted by Gasteiger charge is 2.14. The standard InChI is InChI=1S/C18H16FN3O4S/c19-12-2-3-13-14(9-20-16(13)8-12)11-1-4-15-17(7-11)26-18(22-15)10-21-27(24,25)6-5-23/h1-4,7-9,20-21,23H,5-6,10H2. The lowest BCUT2D eigenvalue weighted by molar-refractivity contribution is 0.319. The fourth-order valence-electron chi connectivity index (χ4n) is 2.92. The minimum Gasteiger partial charge on any atom is -0.439 e. The van der Waals surface area contributed by atoms with E-state index in [1.807, 2.05) is 6.07 Å². The first-order valence-electron chi connectivity index (χ1n) is 8.20. The number of H-pyrrole nitrogens is 1. The number of nitrogens with one attached hydrogen (secondary N) is 2. The quantitative estimate of drug-likeness (QED) is 0.470. The van der Waals surface area contributed by atoms with Crippen LogP contribution >= 0.6 is 0 Å². The second kappa shape index (κ2) is 6.76. The fraction of sp³-hybridized carbons (Fsp3) is 0.167. The molecule has 9 heteroatoms. The van der Waals surface area contributed by atoms with Crippen LogP contribution in [0.15, 0.2) is 47.0 Å². The SMILES string of the molecule is O=S(=O)(CCO)NCc1nc2ccc(-c3c[nH]c4cc(F)ccc34)cc2o1. The first kappa shape index (κ1) is 17.7. The summed E-state index contributed by atoms with van der Waals surface area (Å²) in [5.41, 5.74) is 3.57. The van der Waals surface area contributed by atoms with Crippen LogP contribution in [0.5, 0.6) is 0 Å². The predicted octanol–water partition coefficient (Wildman–Crippen LogP) is 2.53. The molecule has 0 fully saturated rings. The lowest BCUT2D eigenvalue weighted by atomic mass is 10.0. The predicted molar refractivity (Wildman–Crippen MR) is 99.0 cm³/mol. The van der Waals surface area contributed by atoms with Crippen LogP contribution in [0.1, 0.15) is 5.89 Å². The smallest absolute Gasteiger partial charge is 0.214 e. The number of benzene rings is 2. The van der Waals surface area contributed by atoms with Gasteiger partial charge in [-0.25, -0.2) is 22.5 Å². The number of rotatable bonds is 6. The van der Waals surface area contributed by atoms with Gasteiger partial charge in [0, 0.05) is 22.7 Å². The molecule has 0 bridgehead atoms. The Morgan fingerprint density at radius 1 is 1.22 bits per heavy atom. The molecule has 2 aromatic heterocycles. The molecular weight excluding hydrogens is 373 g/mol. The van der Waals surface area contributed by atoms with Crippen LogP contribution in [0.2, 0.25) is 0 Å². The van der Waals surface area contributed by atoms with E-state index in [9.17, 15) is 12.8 Å². The summed E-state index contributed by atoms with van der Waals surface area (Å²) < 4.78 is 44.5. The van der Waals surface area contributed by atoms with E-state index < -0.39 is 16.6 Å². The highest BCUT2D eigenvalue weighted by Crippen LogP contribution is 2.31. The third kappa shape index (κ3) is 3.57. The van der Waals surface area contributed by atoms with E-state index in [1.165, 1.54) is 12.1 Å². The van der Waals surface area contributed by atoms with Crippen molar-refractivity contribution >= 4 is 32.0 Å². The minimum absolute atomic E-state index is 0.0985. The van der Waals surface area contributed by atoms with Crippen molar-refractivity contribution in [2.24, 2.45) is 0 Å². The molecule has 0 aliphatic heterocycles. The summed E-state index contributed by atoms with van der Waals surface area (Å²) in [4.78, 5) is 7.31. The van der Waals surface area contributed by atoms with Gasteiger partial charge in [0.2, 0.25) is 15.9 Å². The van der Waals surface area contributed by atoms with Crippen molar-refractivity contribution < 1.29 is 22.3 Å². The molecule has 0 spiro atoms. The number of hydrogen-bond donors (Lipinski definition) is 3. The number of aliphatic hydroxyl groups excluding tert-OH is 1. The van der Waals surface area contributed by atoms with Crippen molar-refractivity contribution in [3.8, 4) is 11.1 Å². The summed E-state index contributed by atoms with van der Waals surface area (Å²) in [5, 5.41) is 9.63. The number of hydrogen-bond acceptors (Lipinski definition) is 5. The van der Waals surface area contributed by atoms with Crippen LogP contribution in [0, 0.1) is 5.82 Å². The molecule has 3 N–H and O–H groups in total. The van der Waals surface area contributed by atoms with Crippen molar-refractivity contribution in [3.05, 3.63) is 54.3 Å². The number of sulfonamides is 1. The molecule has 0 aliphatic carbocycles. The van der Waals surface area contributed by atoms with Gasteiger partial charge >= 0.3 is 0 Å². The van der Waals surface area contributed by atoms with Gasteiger partial charge in [0.1, 0.15) is 11.3 Å². The molecular formula is C18H16FN3O4S. The maximum absolute atomic E-state index is 13.4. The summed E-state index contributed by atoms with van der Waals surface area (Å²) in [6, 6.07) is 10.0. The Balaban J connectivity index is 1.64. The number of aromatic nitrogens is 2. The van der Waals surface area contributed by atoms with Crippen LogP contribution in [0.4, 0.5) is 4.39 Å². The lowest BCUT2D eigenvalue weighted by Gasteiger charge is -2.01. The number of nitrogens with zero attached hydrogens (tertiary/aromatic N) is 1. The average Bonchev–Trinajstić information content (AvgIpc) is 3.22. The van der Waals surface area contributed by atoms with Crippen molar-refractivity contribution in [1.82, 2.24) is 14.7 Å². The van der Waals surface area contributed by atoms with Gasteiger partial charge in [-0.15, -0.1) is 0 Å². The van der Waals surface area contributed by atoms with Gasteiger partial charge in [0.25, 0.3) is 0 Å². The summed E-state index contributed by atoms with van der Waals surface area (Å²) in [5.74, 6) is -0.460. The second-order valence-electron chi connectivity index (χ2n) is 6.05. The molecule has 2 aromatic carbocycles. The Morgan fingerprint density at radius 3 is 2.89 bits per heavy atom. The largest absolute Gasteiger partial charge is 0.439 e. The normalized spacial score (nSPS) is 12.2. The van der Waals surface area contributed by atoms with Gasteiger partial charge in [-0.1, -0.05) is 6.07 Å². The molecule has 4 aromatic rings. The van der Waals surface area contributed by atoms with Gasteiger partial charge < -0.3 is 14.5 Å². The zero-order chi connectivity index (χ0) is 19.0. The molecule has 0 atom stereocenters. The van der Waals surface area contributed by atoms with Crippen molar-refractivity contribution in [3.63, 3.8) is 0 Å². The van der Waals surface area contributed by atoms with Gasteiger partial charge in [0.15, 0.2) is 5.58 Å². The number of halogens is 1. The van der Waals surface area contributed by atoms with E-state index in [4.69, 9.17) is 9.52 Å². The molecule has 4 rings (SSSR count). The van der Waals surface area contributed by atoms with Crippen molar-refractivity contribution in [2.75, 3.05) is 12.4 Å². The van der Waals surface area contributed by atoms with E-state index in [-0.39, 0.29) is 24.0 Å². The Kier molecular flexibility index (Phi) is 4.42. The zero-order valence-corrected chi connectivity index (χ0v) is 14.9. The first-order valence-corrected chi connectivity index (χ1v) is 9.85. The minimum atomic E-state index is -3.57. The summed E-state index contributed by atoms with van der Waals surface area (Å²) in [6.45, 7) is -0.556. The van der Waals surface area contributed by atoms with E-state index in [0.29, 0.717) is 16.6 Å². The molecule has 0 aliphatic rings. The van der Waals surface area contributed by atoms with Gasteiger partial charge in [-0.2, -0.15) is 0 Å². The number of oxazole rings is 1. The molecule has 0 amide bonds. The molecule has 7 nitrogen and oxygen atoms in total. The molecule has 2 heterocycles. The van der Waals surface area contributed by atoms with Crippen LogP contribution in [0.3, 0.4) is 0 Å². The number of fused-ring (bicyclic) bond motifs is 2. The monoisotopic (exact) mass is 389 g/mol. The number of aromatic amines is 1. The molecule has 27 heavy (non-hydrogen) atoms. The maximum atomic E-state index is 13.4. The van der Waals surface area contributed by atoms with Crippen LogP contribution < -0.4 is 4.72 Å². The number of aliphatic hydroxyl groups is 1. The van der Waals surface area contributed by atoms with E-state index in [0.717, 1.165) is 16.5 Å². The zero-order valence-electron chi connectivity index (χ0n) is 14.1. The van der Waals surface area contributed by atoms with Gasteiger partial charge in [-0.05, 0) is 35.9 Å². The van der Waals surface area contributed by atoms with Gasteiger partial charge in [-0.3, -0.25) is 0 Å². The molecule has 0 radical (unpaired) electrons. The fourth-order valence-corrected chi connectivity index (χ4v) is 3.64. The van der Waals surface area contributed by atoms with E-state index >= 15 is 0 Å². The average molecular weight is 389 g/mol. The van der Waals surface area contributed by atoms with Gasteiger partial charge in [0.05, 0.1) is 18.9 Å². The van der Waals surface area contributed by atoms with E-state index in [2.05, 4.69) is 14.7 Å². The summed E-state index contributed by atoms with van der Waals surface area (Å²) in [7, 11) is -3.57. The van der Waals surface area contributed by atoms with Crippen molar-refractivity contribution in [1.29, 1.82) is 0 Å². The topological polar surface area (TPSA) is 108 Å². The second-order valence-corrected chi connectivity index (χ2v) is 7.97. The highest BCUT2D eigenvalue weighted by molar-refractivity contribution is 7.89. The Morgan fingerprint density at radius 2 is 2.07 bits per heavy atom. The van der Waals surface area contributed by atoms with Crippen molar-refractivity contribution in [2.45, 2.75) is 6.54 Å². The van der Waals surface area contributed by atoms with Crippen LogP contribution in [-0.4, -0.2) is 35.9 Å². The maximum Gasteiger partial charge on any atom is 0.214 e. The first-order chi connectivity index (χ1) is 12.9. The van der Waals surface area contributed by atoms with E-state index in [1.54, 1.807) is 24.4 Å². The third-order valence-electron chi connectivity index (χ3n) is 4.19. The highest BCUT2D eigenvalue weighted by atomic mass is 32.2. The molecule has 0 saturated heterocycles. The third-order valence-corrected chi connectivity index (χ3v) is 5.50. The summed E-state index contributed by atoms with van der Waals surface area (Å²) >= 11 is 0. The molecule has 0 unspecified atom stereocenters. The van der Waals surface area contributed by atoms with Crippen LogP contribution in [0.25, 0.3) is 33.1 Å². The Hall–Kier alpha value is -2.75. The molecule has 0 saturated carbocycles. The Bertz CT molecular complexity index is 1230.